The van der Waals surface area contributed by atoms with Crippen LogP contribution in [0.1, 0.15) is 155 Å². The molecule has 0 aliphatic rings. The second-order valence-electron chi connectivity index (χ2n) is 12.3. The van der Waals surface area contributed by atoms with Crippen LogP contribution in [0.3, 0.4) is 0 Å². The summed E-state index contributed by atoms with van der Waals surface area (Å²) >= 11 is 0. The molecule has 276 valence electrons. The van der Waals surface area contributed by atoms with Crippen LogP contribution in [-0.2, 0) is 32.7 Å². The number of unbranched alkanes of at least 4 members (excludes halogenated alkanes) is 16. The van der Waals surface area contributed by atoms with E-state index in [1.54, 1.807) is 0 Å². The van der Waals surface area contributed by atoms with Gasteiger partial charge in [0, 0.05) is 12.8 Å². The van der Waals surface area contributed by atoms with Crippen LogP contribution >= 0.6 is 7.82 Å². The molecule has 0 bridgehead atoms. The van der Waals surface area contributed by atoms with E-state index >= 15 is 0 Å². The molecule has 47 heavy (non-hydrogen) atoms. The van der Waals surface area contributed by atoms with Crippen LogP contribution in [0.15, 0.2) is 24.3 Å². The minimum atomic E-state index is -4.61. The van der Waals surface area contributed by atoms with Crippen LogP contribution < -0.4 is 0 Å². The highest BCUT2D eigenvalue weighted by atomic mass is 31.2. The van der Waals surface area contributed by atoms with Gasteiger partial charge in [-0.3, -0.25) is 18.6 Å². The summed E-state index contributed by atoms with van der Waals surface area (Å²) in [4.78, 5) is 34.7. The Labute approximate surface area is 285 Å². The number of carbonyl (C=O) groups is 2. The van der Waals surface area contributed by atoms with E-state index in [4.69, 9.17) is 19.1 Å². The lowest BCUT2D eigenvalue weighted by atomic mass is 10.1. The normalized spacial score (nSPS) is 14.4. The highest BCUT2D eigenvalue weighted by Crippen LogP contribution is 2.43. The van der Waals surface area contributed by atoms with E-state index in [2.05, 4.69) is 42.7 Å². The number of rotatable bonds is 34. The van der Waals surface area contributed by atoms with Crippen LogP contribution in [-0.4, -0.2) is 65.7 Å². The van der Waals surface area contributed by atoms with Crippen molar-refractivity contribution in [3.63, 3.8) is 0 Å². The van der Waals surface area contributed by atoms with Crippen molar-refractivity contribution >= 4 is 19.8 Å². The lowest BCUT2D eigenvalue weighted by Crippen LogP contribution is -2.29. The van der Waals surface area contributed by atoms with Gasteiger partial charge in [-0.25, -0.2) is 4.57 Å². The zero-order valence-electron chi connectivity index (χ0n) is 29.5. The smallest absolute Gasteiger partial charge is 0.462 e. The van der Waals surface area contributed by atoms with Gasteiger partial charge in [-0.05, 0) is 38.5 Å². The molecule has 0 aromatic heterocycles. The number of aliphatic hydroxyl groups is 2. The number of esters is 2. The molecule has 0 fully saturated rings. The first-order valence-corrected chi connectivity index (χ1v) is 19.8. The molecule has 0 amide bonds. The Bertz CT molecular complexity index is 848. The van der Waals surface area contributed by atoms with E-state index in [1.807, 2.05) is 0 Å². The van der Waals surface area contributed by atoms with Gasteiger partial charge in [-0.15, -0.1) is 0 Å². The second-order valence-corrected chi connectivity index (χ2v) is 13.7. The van der Waals surface area contributed by atoms with Crippen LogP contribution in [0, 0.1) is 0 Å². The van der Waals surface area contributed by atoms with Gasteiger partial charge < -0.3 is 24.6 Å². The summed E-state index contributed by atoms with van der Waals surface area (Å²) in [7, 11) is -4.61. The maximum atomic E-state index is 12.5. The first-order valence-electron chi connectivity index (χ1n) is 18.3. The van der Waals surface area contributed by atoms with Gasteiger partial charge in [-0.1, -0.05) is 128 Å². The van der Waals surface area contributed by atoms with Crippen LogP contribution in [0.2, 0.25) is 0 Å². The zero-order chi connectivity index (χ0) is 34.9. The van der Waals surface area contributed by atoms with Gasteiger partial charge in [0.1, 0.15) is 12.7 Å². The molecule has 0 saturated heterocycles. The Hall–Kier alpha value is -1.55. The summed E-state index contributed by atoms with van der Waals surface area (Å²) in [6.07, 6.45) is 28.7. The van der Waals surface area contributed by atoms with Gasteiger partial charge >= 0.3 is 19.8 Å². The molecule has 10 nitrogen and oxygen atoms in total. The third-order valence-corrected chi connectivity index (χ3v) is 8.56. The molecular weight excluding hydrogens is 623 g/mol. The minimum absolute atomic E-state index is 0.183. The molecule has 3 N–H and O–H groups in total. The predicted molar refractivity (Wildman–Crippen MR) is 187 cm³/mol. The van der Waals surface area contributed by atoms with Gasteiger partial charge in [0.05, 0.1) is 19.8 Å². The van der Waals surface area contributed by atoms with Crippen molar-refractivity contribution in [2.45, 2.75) is 167 Å². The van der Waals surface area contributed by atoms with Crippen LogP contribution in [0.4, 0.5) is 0 Å². The van der Waals surface area contributed by atoms with Gasteiger partial charge in [0.25, 0.3) is 0 Å². The van der Waals surface area contributed by atoms with Gasteiger partial charge in [-0.2, -0.15) is 0 Å². The summed E-state index contributed by atoms with van der Waals surface area (Å²) in [5.74, 6) is -0.943. The first-order chi connectivity index (χ1) is 22.7. The molecular formula is C36H67O10P. The van der Waals surface area contributed by atoms with Crippen LogP contribution in [0.25, 0.3) is 0 Å². The third kappa shape index (κ3) is 32.8. The second kappa shape index (κ2) is 33.0. The number of phosphoric ester groups is 1. The molecule has 1 unspecified atom stereocenters. The number of phosphoric acid groups is 1. The topological polar surface area (TPSA) is 149 Å². The Morgan fingerprint density at radius 2 is 1.13 bits per heavy atom. The highest BCUT2D eigenvalue weighted by Gasteiger charge is 2.27. The van der Waals surface area contributed by atoms with Crippen LogP contribution in [0.5, 0.6) is 0 Å². The summed E-state index contributed by atoms with van der Waals surface area (Å²) < 4.78 is 32.5. The van der Waals surface area contributed by atoms with E-state index in [0.717, 1.165) is 64.2 Å². The minimum Gasteiger partial charge on any atom is -0.462 e. The van der Waals surface area contributed by atoms with Crippen molar-refractivity contribution in [2.75, 3.05) is 26.4 Å². The largest absolute Gasteiger partial charge is 0.472 e. The molecule has 0 radical (unpaired) electrons. The van der Waals surface area contributed by atoms with Crippen molar-refractivity contribution in [3.8, 4) is 0 Å². The van der Waals surface area contributed by atoms with Crippen molar-refractivity contribution in [2.24, 2.45) is 0 Å². The Kier molecular flexibility index (Phi) is 31.9. The molecule has 0 spiro atoms. The molecule has 0 rings (SSSR count). The van der Waals surface area contributed by atoms with Gasteiger partial charge in [0.2, 0.25) is 0 Å². The lowest BCUT2D eigenvalue weighted by molar-refractivity contribution is -0.161. The van der Waals surface area contributed by atoms with E-state index < -0.39 is 51.8 Å². The summed E-state index contributed by atoms with van der Waals surface area (Å²) in [5, 5.41) is 18.2. The number of ether oxygens (including phenoxy) is 2. The van der Waals surface area contributed by atoms with E-state index in [1.165, 1.54) is 51.4 Å². The van der Waals surface area contributed by atoms with E-state index in [9.17, 15) is 24.2 Å². The molecule has 0 heterocycles. The molecule has 0 aromatic rings. The number of allylic oxidation sites excluding steroid dienone is 4. The maximum Gasteiger partial charge on any atom is 0.472 e. The molecule has 0 saturated carbocycles. The fourth-order valence-electron chi connectivity index (χ4n) is 4.71. The molecule has 0 aromatic carbocycles. The lowest BCUT2D eigenvalue weighted by Gasteiger charge is -2.20. The Balaban J connectivity index is 4.40. The SMILES string of the molecule is CCCC/C=C/C/C=C/CCCCCCCC(=O)OC[C@@H](COP(=O)(O)OC[C@H](O)CO)OC(=O)CCCCCCCCCCCC. The summed E-state index contributed by atoms with van der Waals surface area (Å²) in [5.41, 5.74) is 0. The number of carbonyl (C=O) groups excluding carboxylic acids is 2. The summed E-state index contributed by atoms with van der Waals surface area (Å²) in [6, 6.07) is 0. The van der Waals surface area contributed by atoms with Crippen molar-refractivity contribution < 1.29 is 47.8 Å². The Morgan fingerprint density at radius 1 is 0.638 bits per heavy atom. The first kappa shape index (κ1) is 45.5. The zero-order valence-corrected chi connectivity index (χ0v) is 30.4. The predicted octanol–water partition coefficient (Wildman–Crippen LogP) is 8.66. The highest BCUT2D eigenvalue weighted by molar-refractivity contribution is 7.47. The average molecular weight is 691 g/mol. The Morgan fingerprint density at radius 3 is 1.70 bits per heavy atom. The third-order valence-electron chi connectivity index (χ3n) is 7.61. The van der Waals surface area contributed by atoms with E-state index in [0.29, 0.717) is 12.8 Å². The van der Waals surface area contributed by atoms with Gasteiger partial charge in [0.15, 0.2) is 6.10 Å². The monoisotopic (exact) mass is 690 g/mol. The van der Waals surface area contributed by atoms with Crippen molar-refractivity contribution in [1.82, 2.24) is 0 Å². The number of hydrogen-bond donors (Lipinski definition) is 3. The van der Waals surface area contributed by atoms with Crippen molar-refractivity contribution in [3.05, 3.63) is 24.3 Å². The average Bonchev–Trinajstić information content (AvgIpc) is 3.05. The fraction of sp³-hybridized carbons (Fsp3) is 0.833. The summed E-state index contributed by atoms with van der Waals surface area (Å²) in [6.45, 7) is 2.28. The quantitative estimate of drug-likeness (QED) is 0.0259. The fourth-order valence-corrected chi connectivity index (χ4v) is 5.50. The van der Waals surface area contributed by atoms with Crippen molar-refractivity contribution in [1.29, 1.82) is 0 Å². The number of hydrogen-bond acceptors (Lipinski definition) is 9. The molecule has 11 heteroatoms. The maximum absolute atomic E-state index is 12.5. The van der Waals surface area contributed by atoms with E-state index in [-0.39, 0.29) is 19.4 Å². The molecule has 0 aliphatic carbocycles. The molecule has 0 aliphatic heterocycles. The standard InChI is InChI=1S/C36H67O10P/c1-3-5-7-9-11-13-15-16-17-18-20-21-23-25-27-35(39)43-31-34(32-45-47(41,42)44-30-33(38)29-37)46-36(40)28-26-24-22-19-14-12-10-8-6-4-2/h9,11,15-16,33-34,37-38H,3-8,10,12-14,17-32H2,1-2H3,(H,41,42)/b11-9+,16-15+/t33-,34+/m1/s1. The molecule has 3 atom stereocenters. The number of aliphatic hydroxyl groups excluding tert-OH is 2.